The third-order valence-electron chi connectivity index (χ3n) is 2.22. The van der Waals surface area contributed by atoms with Crippen molar-refractivity contribution < 1.29 is 9.47 Å². The fraction of sp³-hybridized carbons (Fsp3) is 0.154. The lowest BCUT2D eigenvalue weighted by Crippen LogP contribution is -1.98. The smallest absolute Gasteiger partial charge is 0.130 e. The molecular weight excluding hydrogens is 238 g/mol. The molecule has 4 heteroatoms. The van der Waals surface area contributed by atoms with Gasteiger partial charge in [-0.1, -0.05) is 17.7 Å². The maximum atomic E-state index is 5.78. The molecule has 3 nitrogen and oxygen atoms in total. The Morgan fingerprint density at radius 3 is 2.41 bits per heavy atom. The van der Waals surface area contributed by atoms with Gasteiger partial charge in [-0.3, -0.25) is 0 Å². The molecule has 1 aromatic carbocycles. The molecule has 0 saturated carbocycles. The minimum atomic E-state index is 0.396. The monoisotopic (exact) mass is 249 g/mol. The molecule has 0 N–H and O–H groups in total. The van der Waals surface area contributed by atoms with Crippen molar-refractivity contribution in [3.63, 3.8) is 0 Å². The molecule has 0 unspecified atom stereocenters. The van der Waals surface area contributed by atoms with E-state index in [1.807, 2.05) is 36.4 Å². The highest BCUT2D eigenvalue weighted by atomic mass is 35.5. The largest absolute Gasteiger partial charge is 0.497 e. The van der Waals surface area contributed by atoms with Gasteiger partial charge in [-0.15, -0.1) is 0 Å². The van der Waals surface area contributed by atoms with Crippen LogP contribution >= 0.6 is 11.6 Å². The summed E-state index contributed by atoms with van der Waals surface area (Å²) in [5, 5.41) is 0.473. The van der Waals surface area contributed by atoms with Crippen molar-refractivity contribution in [3.8, 4) is 11.5 Å². The van der Waals surface area contributed by atoms with Gasteiger partial charge in [-0.2, -0.15) is 0 Å². The molecule has 1 heterocycles. The quantitative estimate of drug-likeness (QED) is 0.779. The van der Waals surface area contributed by atoms with Crippen LogP contribution in [0.1, 0.15) is 5.69 Å². The van der Waals surface area contributed by atoms with Crippen molar-refractivity contribution in [2.45, 2.75) is 6.61 Å². The lowest BCUT2D eigenvalue weighted by atomic mass is 10.3. The second-order valence-electron chi connectivity index (χ2n) is 3.42. The molecule has 0 fully saturated rings. The zero-order valence-corrected chi connectivity index (χ0v) is 10.1. The third-order valence-corrected chi connectivity index (χ3v) is 2.43. The summed E-state index contributed by atoms with van der Waals surface area (Å²) in [4.78, 5) is 4.14. The summed E-state index contributed by atoms with van der Waals surface area (Å²) in [6.07, 6.45) is 0. The maximum absolute atomic E-state index is 5.78. The second-order valence-corrected chi connectivity index (χ2v) is 3.80. The predicted molar refractivity (Wildman–Crippen MR) is 66.6 cm³/mol. The summed E-state index contributed by atoms with van der Waals surface area (Å²) in [5.74, 6) is 1.57. The number of pyridine rings is 1. The van der Waals surface area contributed by atoms with Crippen LogP contribution in [0.25, 0.3) is 0 Å². The Bertz CT molecular complexity index is 485. The van der Waals surface area contributed by atoms with Crippen LogP contribution in [0.2, 0.25) is 5.15 Å². The van der Waals surface area contributed by atoms with Crippen molar-refractivity contribution in [1.82, 2.24) is 4.98 Å². The molecule has 0 aliphatic heterocycles. The van der Waals surface area contributed by atoms with Crippen molar-refractivity contribution in [2.75, 3.05) is 7.11 Å². The van der Waals surface area contributed by atoms with Crippen molar-refractivity contribution >= 4 is 11.6 Å². The molecule has 17 heavy (non-hydrogen) atoms. The number of hydrogen-bond acceptors (Lipinski definition) is 3. The Hall–Kier alpha value is -1.74. The topological polar surface area (TPSA) is 31.4 Å². The average molecular weight is 250 g/mol. The molecule has 0 amide bonds. The Morgan fingerprint density at radius 2 is 1.76 bits per heavy atom. The Balaban J connectivity index is 1.97. The van der Waals surface area contributed by atoms with E-state index in [1.165, 1.54) is 0 Å². The van der Waals surface area contributed by atoms with E-state index in [0.717, 1.165) is 17.2 Å². The molecule has 0 spiro atoms. The summed E-state index contributed by atoms with van der Waals surface area (Å²) in [5.41, 5.74) is 0.799. The maximum Gasteiger partial charge on any atom is 0.130 e. The van der Waals surface area contributed by atoms with E-state index in [0.29, 0.717) is 11.8 Å². The third kappa shape index (κ3) is 3.36. The number of hydrogen-bond donors (Lipinski definition) is 0. The van der Waals surface area contributed by atoms with Gasteiger partial charge in [0.1, 0.15) is 23.3 Å². The summed E-state index contributed by atoms with van der Waals surface area (Å²) < 4.78 is 10.6. The summed E-state index contributed by atoms with van der Waals surface area (Å²) in [6.45, 7) is 0.396. The van der Waals surface area contributed by atoms with E-state index in [4.69, 9.17) is 21.1 Å². The standard InChI is InChI=1S/C13H12ClNO2/c1-16-11-5-7-12(8-6-11)17-9-10-3-2-4-13(14)15-10/h2-8H,9H2,1H3. The van der Waals surface area contributed by atoms with Gasteiger partial charge >= 0.3 is 0 Å². The molecular formula is C13H12ClNO2. The fourth-order valence-corrected chi connectivity index (χ4v) is 1.54. The van der Waals surface area contributed by atoms with Crippen LogP contribution in [-0.4, -0.2) is 12.1 Å². The number of methoxy groups -OCH3 is 1. The number of benzene rings is 1. The van der Waals surface area contributed by atoms with Crippen LogP contribution in [-0.2, 0) is 6.61 Å². The van der Waals surface area contributed by atoms with Crippen LogP contribution < -0.4 is 9.47 Å². The first-order valence-corrected chi connectivity index (χ1v) is 5.54. The van der Waals surface area contributed by atoms with Gasteiger partial charge in [0, 0.05) is 0 Å². The van der Waals surface area contributed by atoms with E-state index in [2.05, 4.69) is 4.98 Å². The fourth-order valence-electron chi connectivity index (χ4n) is 1.36. The van der Waals surface area contributed by atoms with Crippen LogP contribution in [0.3, 0.4) is 0 Å². The van der Waals surface area contributed by atoms with Gasteiger partial charge in [0.25, 0.3) is 0 Å². The highest BCUT2D eigenvalue weighted by molar-refractivity contribution is 6.29. The van der Waals surface area contributed by atoms with E-state index in [1.54, 1.807) is 13.2 Å². The number of nitrogens with zero attached hydrogens (tertiary/aromatic N) is 1. The first-order chi connectivity index (χ1) is 8.28. The van der Waals surface area contributed by atoms with Gasteiger partial charge in [0.05, 0.1) is 12.8 Å². The molecule has 0 aliphatic rings. The first-order valence-electron chi connectivity index (χ1n) is 5.16. The lowest BCUT2D eigenvalue weighted by Gasteiger charge is -2.06. The molecule has 0 radical (unpaired) electrons. The predicted octanol–water partition coefficient (Wildman–Crippen LogP) is 3.32. The highest BCUT2D eigenvalue weighted by Gasteiger charge is 1.98. The molecule has 0 atom stereocenters. The van der Waals surface area contributed by atoms with Crippen molar-refractivity contribution in [2.24, 2.45) is 0 Å². The van der Waals surface area contributed by atoms with Gasteiger partial charge < -0.3 is 9.47 Å². The molecule has 0 saturated heterocycles. The number of halogens is 1. The van der Waals surface area contributed by atoms with Crippen LogP contribution in [0.15, 0.2) is 42.5 Å². The van der Waals surface area contributed by atoms with Gasteiger partial charge in [-0.05, 0) is 36.4 Å². The molecule has 1 aromatic heterocycles. The van der Waals surface area contributed by atoms with Crippen LogP contribution in [0.4, 0.5) is 0 Å². The Labute approximate surface area is 105 Å². The molecule has 0 bridgehead atoms. The number of ether oxygens (including phenoxy) is 2. The summed E-state index contributed by atoms with van der Waals surface area (Å²) >= 11 is 5.78. The van der Waals surface area contributed by atoms with Crippen molar-refractivity contribution in [3.05, 3.63) is 53.3 Å². The number of aromatic nitrogens is 1. The second kappa shape index (κ2) is 5.55. The number of rotatable bonds is 4. The molecule has 2 rings (SSSR count). The minimum absolute atomic E-state index is 0.396. The van der Waals surface area contributed by atoms with Gasteiger partial charge in [-0.25, -0.2) is 4.98 Å². The Kier molecular flexibility index (Phi) is 3.83. The minimum Gasteiger partial charge on any atom is -0.497 e. The van der Waals surface area contributed by atoms with E-state index in [-0.39, 0.29) is 0 Å². The van der Waals surface area contributed by atoms with E-state index in [9.17, 15) is 0 Å². The molecule has 0 aliphatic carbocycles. The van der Waals surface area contributed by atoms with Crippen LogP contribution in [0, 0.1) is 0 Å². The summed E-state index contributed by atoms with van der Waals surface area (Å²) in [7, 11) is 1.63. The SMILES string of the molecule is COc1ccc(OCc2cccc(Cl)n2)cc1. The van der Waals surface area contributed by atoms with Crippen molar-refractivity contribution in [1.29, 1.82) is 0 Å². The average Bonchev–Trinajstić information content (AvgIpc) is 2.37. The lowest BCUT2D eigenvalue weighted by molar-refractivity contribution is 0.300. The molecule has 2 aromatic rings. The van der Waals surface area contributed by atoms with E-state index < -0.39 is 0 Å². The van der Waals surface area contributed by atoms with Crippen LogP contribution in [0.5, 0.6) is 11.5 Å². The first kappa shape index (κ1) is 11.7. The highest BCUT2D eigenvalue weighted by Crippen LogP contribution is 2.18. The summed E-state index contributed by atoms with van der Waals surface area (Å²) in [6, 6.07) is 12.9. The normalized spacial score (nSPS) is 10.0. The molecule has 88 valence electrons. The zero-order valence-electron chi connectivity index (χ0n) is 9.39. The van der Waals surface area contributed by atoms with Gasteiger partial charge in [0.15, 0.2) is 0 Å². The van der Waals surface area contributed by atoms with Gasteiger partial charge in [0.2, 0.25) is 0 Å². The Morgan fingerprint density at radius 1 is 1.06 bits per heavy atom. The zero-order chi connectivity index (χ0) is 12.1. The van der Waals surface area contributed by atoms with E-state index >= 15 is 0 Å².